The minimum atomic E-state index is -0.443. The van der Waals surface area contributed by atoms with Crippen LogP contribution in [0, 0.1) is 10.1 Å². The number of anilines is 3. The number of nitro benzene ring substituents is 1. The minimum absolute atomic E-state index is 0.0103. The van der Waals surface area contributed by atoms with E-state index in [2.05, 4.69) is 36.1 Å². The van der Waals surface area contributed by atoms with E-state index in [0.717, 1.165) is 0 Å². The van der Waals surface area contributed by atoms with Gasteiger partial charge in [-0.05, 0) is 20.8 Å². The molecule has 0 spiro atoms. The lowest BCUT2D eigenvalue weighted by molar-refractivity contribution is -0.384. The zero-order chi connectivity index (χ0) is 18.2. The van der Waals surface area contributed by atoms with Gasteiger partial charge in [0.1, 0.15) is 0 Å². The largest absolute Gasteiger partial charge is 0.354 e. The molecule has 2 aromatic rings. The first-order valence-corrected chi connectivity index (χ1v) is 7.82. The maximum Gasteiger partial charge on any atom is 0.270 e. The van der Waals surface area contributed by atoms with Crippen molar-refractivity contribution in [3.8, 4) is 0 Å². The topological polar surface area (TPSA) is 130 Å². The van der Waals surface area contributed by atoms with Crippen molar-refractivity contribution in [3.63, 3.8) is 0 Å². The van der Waals surface area contributed by atoms with Crippen molar-refractivity contribution in [2.45, 2.75) is 20.8 Å². The van der Waals surface area contributed by atoms with Crippen molar-refractivity contribution < 1.29 is 4.92 Å². The van der Waals surface area contributed by atoms with Crippen LogP contribution in [-0.4, -0.2) is 38.7 Å². The van der Waals surface area contributed by atoms with Gasteiger partial charge >= 0.3 is 0 Å². The van der Waals surface area contributed by atoms with Gasteiger partial charge in [-0.25, -0.2) is 5.43 Å². The number of nitrogens with zero attached hydrogens (tertiary/aromatic N) is 5. The molecule has 10 nitrogen and oxygen atoms in total. The van der Waals surface area contributed by atoms with Crippen LogP contribution in [0.15, 0.2) is 29.4 Å². The minimum Gasteiger partial charge on any atom is -0.354 e. The molecule has 3 N–H and O–H groups in total. The summed E-state index contributed by atoms with van der Waals surface area (Å²) >= 11 is 0. The van der Waals surface area contributed by atoms with Crippen LogP contribution in [-0.2, 0) is 0 Å². The van der Waals surface area contributed by atoms with Crippen LogP contribution in [0.25, 0.3) is 0 Å². The van der Waals surface area contributed by atoms with E-state index in [4.69, 9.17) is 0 Å². The fourth-order valence-corrected chi connectivity index (χ4v) is 1.94. The number of hydrogen-bond donors (Lipinski definition) is 3. The molecule has 132 valence electrons. The number of nitrogens with one attached hydrogen (secondary N) is 3. The Morgan fingerprint density at radius 3 is 2.28 bits per heavy atom. The standard InChI is InChI=1S/C15H20N8O2/c1-4-16-13-18-14(17-5-2)20-15(19-13)22-21-10(3)11-7-6-8-12(9-11)23(24)25/h6-9H,4-5H2,1-3H3,(H3,16,17,18,19,20,22)/b21-10+. The van der Waals surface area contributed by atoms with Crippen molar-refractivity contribution in [2.24, 2.45) is 5.10 Å². The number of benzene rings is 1. The maximum absolute atomic E-state index is 10.9. The molecule has 1 heterocycles. The average molecular weight is 344 g/mol. The van der Waals surface area contributed by atoms with Gasteiger partial charge in [0.25, 0.3) is 5.69 Å². The fraction of sp³-hybridized carbons (Fsp3) is 0.333. The smallest absolute Gasteiger partial charge is 0.270 e. The summed E-state index contributed by atoms with van der Waals surface area (Å²) in [4.78, 5) is 23.1. The van der Waals surface area contributed by atoms with E-state index in [1.54, 1.807) is 19.1 Å². The molecule has 0 bridgehead atoms. The highest BCUT2D eigenvalue weighted by Crippen LogP contribution is 2.14. The average Bonchev–Trinajstić information content (AvgIpc) is 2.60. The lowest BCUT2D eigenvalue weighted by atomic mass is 10.1. The number of aromatic nitrogens is 3. The predicted molar refractivity (Wildman–Crippen MR) is 97.1 cm³/mol. The molecule has 1 aromatic heterocycles. The highest BCUT2D eigenvalue weighted by Gasteiger charge is 2.08. The van der Waals surface area contributed by atoms with Gasteiger partial charge in [-0.1, -0.05) is 12.1 Å². The Morgan fingerprint density at radius 2 is 1.72 bits per heavy atom. The van der Waals surface area contributed by atoms with Gasteiger partial charge in [0.2, 0.25) is 17.8 Å². The molecule has 0 atom stereocenters. The van der Waals surface area contributed by atoms with Crippen LogP contribution in [0.4, 0.5) is 23.5 Å². The number of non-ortho nitro benzene ring substituents is 1. The third-order valence-electron chi connectivity index (χ3n) is 3.10. The highest BCUT2D eigenvalue weighted by atomic mass is 16.6. The fourth-order valence-electron chi connectivity index (χ4n) is 1.94. The second-order valence-electron chi connectivity index (χ2n) is 4.98. The Hall–Kier alpha value is -3.30. The quantitative estimate of drug-likeness (QED) is 0.378. The molecule has 0 saturated heterocycles. The second kappa shape index (κ2) is 8.52. The van der Waals surface area contributed by atoms with E-state index in [1.807, 2.05) is 13.8 Å². The number of hydrogen-bond acceptors (Lipinski definition) is 9. The van der Waals surface area contributed by atoms with Gasteiger partial charge in [0, 0.05) is 30.8 Å². The molecule has 0 saturated carbocycles. The molecule has 0 amide bonds. The molecular formula is C15H20N8O2. The van der Waals surface area contributed by atoms with E-state index in [-0.39, 0.29) is 11.6 Å². The first-order chi connectivity index (χ1) is 12.0. The molecule has 0 aliphatic carbocycles. The van der Waals surface area contributed by atoms with Gasteiger partial charge in [-0.3, -0.25) is 10.1 Å². The van der Waals surface area contributed by atoms with Crippen molar-refractivity contribution >= 4 is 29.2 Å². The highest BCUT2D eigenvalue weighted by molar-refractivity contribution is 5.99. The van der Waals surface area contributed by atoms with Crippen LogP contribution in [0.2, 0.25) is 0 Å². The molecule has 0 radical (unpaired) electrons. The van der Waals surface area contributed by atoms with E-state index >= 15 is 0 Å². The lowest BCUT2D eigenvalue weighted by Crippen LogP contribution is -2.11. The predicted octanol–water partition coefficient (Wildman–Crippen LogP) is 2.48. The van der Waals surface area contributed by atoms with Gasteiger partial charge in [0.05, 0.1) is 10.6 Å². The summed E-state index contributed by atoms with van der Waals surface area (Å²) in [6.45, 7) is 6.96. The van der Waals surface area contributed by atoms with E-state index < -0.39 is 4.92 Å². The van der Waals surface area contributed by atoms with Crippen molar-refractivity contribution in [2.75, 3.05) is 29.1 Å². The summed E-state index contributed by atoms with van der Waals surface area (Å²) in [7, 11) is 0. The Bertz CT molecular complexity index is 754. The maximum atomic E-state index is 10.9. The number of nitro groups is 1. The third kappa shape index (κ3) is 5.09. The first kappa shape index (κ1) is 18.0. The molecular weight excluding hydrogens is 324 g/mol. The lowest BCUT2D eigenvalue weighted by Gasteiger charge is -2.08. The van der Waals surface area contributed by atoms with Crippen LogP contribution in [0.1, 0.15) is 26.3 Å². The molecule has 0 fully saturated rings. The van der Waals surface area contributed by atoms with Gasteiger partial charge in [0.15, 0.2) is 0 Å². The zero-order valence-corrected chi connectivity index (χ0v) is 14.3. The molecule has 2 rings (SSSR count). The third-order valence-corrected chi connectivity index (χ3v) is 3.10. The van der Waals surface area contributed by atoms with Crippen LogP contribution < -0.4 is 16.1 Å². The monoisotopic (exact) mass is 344 g/mol. The summed E-state index contributed by atoms with van der Waals surface area (Å²) in [6.07, 6.45) is 0. The summed E-state index contributed by atoms with van der Waals surface area (Å²) in [6, 6.07) is 6.25. The number of rotatable bonds is 8. The Labute approximate surface area is 145 Å². The van der Waals surface area contributed by atoms with Gasteiger partial charge in [-0.2, -0.15) is 20.1 Å². The van der Waals surface area contributed by atoms with Gasteiger partial charge < -0.3 is 10.6 Å². The zero-order valence-electron chi connectivity index (χ0n) is 14.3. The Balaban J connectivity index is 2.22. The van der Waals surface area contributed by atoms with E-state index in [0.29, 0.717) is 36.3 Å². The van der Waals surface area contributed by atoms with Crippen molar-refractivity contribution in [1.82, 2.24) is 15.0 Å². The molecule has 0 aliphatic rings. The SMILES string of the molecule is CCNc1nc(NCC)nc(N/N=C(\C)c2cccc([N+](=O)[O-])c2)n1. The Kier molecular flexibility index (Phi) is 6.15. The summed E-state index contributed by atoms with van der Waals surface area (Å²) in [5, 5.41) is 21.1. The Morgan fingerprint density at radius 1 is 1.12 bits per heavy atom. The number of hydrazone groups is 1. The van der Waals surface area contributed by atoms with Crippen molar-refractivity contribution in [1.29, 1.82) is 0 Å². The normalized spacial score (nSPS) is 11.1. The molecule has 0 aliphatic heterocycles. The van der Waals surface area contributed by atoms with Gasteiger partial charge in [-0.15, -0.1) is 0 Å². The molecule has 1 aromatic carbocycles. The van der Waals surface area contributed by atoms with E-state index in [9.17, 15) is 10.1 Å². The molecule has 25 heavy (non-hydrogen) atoms. The van der Waals surface area contributed by atoms with Crippen LogP contribution in [0.5, 0.6) is 0 Å². The summed E-state index contributed by atoms with van der Waals surface area (Å²) in [5.41, 5.74) is 3.98. The van der Waals surface area contributed by atoms with Crippen molar-refractivity contribution in [3.05, 3.63) is 39.9 Å². The molecule has 0 unspecified atom stereocenters. The first-order valence-electron chi connectivity index (χ1n) is 7.82. The van der Waals surface area contributed by atoms with E-state index in [1.165, 1.54) is 12.1 Å². The second-order valence-corrected chi connectivity index (χ2v) is 4.98. The summed E-state index contributed by atoms with van der Waals surface area (Å²) in [5.74, 6) is 1.13. The van der Waals surface area contributed by atoms with Crippen LogP contribution in [0.3, 0.4) is 0 Å². The molecule has 10 heteroatoms. The summed E-state index contributed by atoms with van der Waals surface area (Å²) < 4.78 is 0. The van der Waals surface area contributed by atoms with Crippen LogP contribution >= 0.6 is 0 Å².